The number of aromatic nitrogens is 16. The highest BCUT2D eigenvalue weighted by Gasteiger charge is 2.23. The lowest BCUT2D eigenvalue weighted by Gasteiger charge is -2.19. The highest BCUT2D eigenvalue weighted by atomic mass is 35.5. The topological polar surface area (TPSA) is 372 Å². The van der Waals surface area contributed by atoms with E-state index < -0.39 is 23.4 Å². The maximum Gasteiger partial charge on any atom is 0.435 e. The summed E-state index contributed by atoms with van der Waals surface area (Å²) in [4.78, 5) is 56.1. The van der Waals surface area contributed by atoms with E-state index in [0.29, 0.717) is 78.3 Å². The first-order valence-electron chi connectivity index (χ1n) is 27.7. The first kappa shape index (κ1) is 67.8. The summed E-state index contributed by atoms with van der Waals surface area (Å²) in [7, 11) is 9.93. The zero-order chi connectivity index (χ0) is 67.0. The summed E-state index contributed by atoms with van der Waals surface area (Å²) in [6, 6.07) is 21.3. The lowest BCUT2D eigenvalue weighted by Crippen LogP contribution is -2.27. The van der Waals surface area contributed by atoms with Crippen molar-refractivity contribution in [2.75, 3.05) is 74.9 Å². The fourth-order valence-electron chi connectivity index (χ4n) is 8.20. The Kier molecular flexibility index (Phi) is 22.3. The molecule has 30 nitrogen and oxygen atoms in total. The molecule has 93 heavy (non-hydrogen) atoms. The number of methoxy groups -OCH3 is 4. The van der Waals surface area contributed by atoms with E-state index in [2.05, 4.69) is 97.0 Å². The van der Waals surface area contributed by atoms with Crippen LogP contribution in [0.15, 0.2) is 123 Å². The molecule has 0 unspecified atom stereocenters. The minimum absolute atomic E-state index is 0.320. The molecule has 4 aromatic carbocycles. The Labute approximate surface area is 546 Å². The number of carbonyl (C=O) groups excluding carboxylic acids is 2. The minimum Gasteiger partial charge on any atom is -0.495 e. The molecule has 12 aromatic rings. The van der Waals surface area contributed by atoms with Crippen molar-refractivity contribution in [2.24, 2.45) is 0 Å². The number of hydrogen-bond donors (Lipinski definition) is 8. The number of fused-ring (bicyclic) bond motifs is 4. The number of nitrogen functional groups attached to an aromatic ring is 1. The number of nitrogens with one attached hydrogen (secondary N) is 7. The number of halogens is 3. The Morgan fingerprint density at radius 3 is 1.18 bits per heavy atom. The van der Waals surface area contributed by atoms with Gasteiger partial charge in [-0.05, 0) is 65.8 Å². The van der Waals surface area contributed by atoms with E-state index in [-0.39, 0.29) is 0 Å². The van der Waals surface area contributed by atoms with Gasteiger partial charge in [-0.2, -0.15) is 29.8 Å². The number of anilines is 9. The Balaban J connectivity index is 0.000000154. The highest BCUT2D eigenvalue weighted by molar-refractivity contribution is 6.33. The van der Waals surface area contributed by atoms with Crippen LogP contribution in [0, 0.1) is 0 Å². The van der Waals surface area contributed by atoms with Gasteiger partial charge in [0.2, 0.25) is 0 Å². The van der Waals surface area contributed by atoms with Crippen molar-refractivity contribution < 1.29 is 38.0 Å². The Morgan fingerprint density at radius 2 is 0.796 bits per heavy atom. The second-order valence-electron chi connectivity index (χ2n) is 21.2. The van der Waals surface area contributed by atoms with Crippen molar-refractivity contribution in [1.29, 1.82) is 0 Å². The third kappa shape index (κ3) is 18.5. The van der Waals surface area contributed by atoms with Gasteiger partial charge in [-0.1, -0.05) is 34.8 Å². The van der Waals surface area contributed by atoms with E-state index in [9.17, 15) is 9.59 Å². The van der Waals surface area contributed by atoms with Crippen LogP contribution >= 0.6 is 34.8 Å². The van der Waals surface area contributed by atoms with Crippen molar-refractivity contribution in [3.63, 3.8) is 0 Å². The smallest absolute Gasteiger partial charge is 0.435 e. The first-order chi connectivity index (χ1) is 44.5. The number of nitrogens with zero attached hydrogens (tertiary/aromatic N) is 14. The van der Waals surface area contributed by atoms with Crippen LogP contribution in [0.1, 0.15) is 41.5 Å². The standard InChI is InChI=1S/C17H18ClN5O3.2C13H14N6O.C13H17N3O3.C4H2Cl2N2/c1-17(2,3)26-16(24)23-12-6-13(25-4)11(5-10(12)8-21-23)22-15-7-14(18)19-9-20-15;2*1-14-12-5-13(16-7-15-12)18-10-3-8-6-17-19-9(8)4-11(10)20-2;1-13(2,3)19-12(17)16-10-6-11(18-4)9(14)5-8(10)7-15-16;5-3-1-4(6)8-2-7-3/h5-9H,1-4H3,(H,19,20,22);2*3-7H,1-2H3,(H,17,19)(H2,14,15,16,18);5-7H,14H2,1-4H3;1-2H. The molecule has 0 fully saturated rings. The average molecular weight is 1330 g/mol. The molecule has 0 saturated heterocycles. The number of aromatic amines is 2. The molecule has 33 heteroatoms. The predicted molar refractivity (Wildman–Crippen MR) is 358 cm³/mol. The average Bonchev–Trinajstić information content (AvgIpc) is 1.72. The molecule has 0 amide bonds. The van der Waals surface area contributed by atoms with Crippen molar-refractivity contribution in [2.45, 2.75) is 52.7 Å². The number of nitrogens with two attached hydrogens (primary N) is 1. The highest BCUT2D eigenvalue weighted by Crippen LogP contribution is 2.35. The fourth-order valence-corrected chi connectivity index (χ4v) is 8.70. The van der Waals surface area contributed by atoms with Crippen LogP contribution in [0.3, 0.4) is 0 Å². The maximum atomic E-state index is 12.3. The molecular weight excluding hydrogens is 1260 g/mol. The summed E-state index contributed by atoms with van der Waals surface area (Å²) in [5, 5.41) is 42.0. The summed E-state index contributed by atoms with van der Waals surface area (Å²) >= 11 is 16.7. The van der Waals surface area contributed by atoms with Gasteiger partial charge in [0.1, 0.15) is 104 Å². The van der Waals surface area contributed by atoms with Crippen molar-refractivity contribution in [3.8, 4) is 23.0 Å². The summed E-state index contributed by atoms with van der Waals surface area (Å²) in [5.74, 6) is 5.81. The SMILES string of the molecule is CNc1cc(Nc2cc3cn[nH]c3cc2OC)ncn1.CNc1cc(Nc2cc3cn[nH]c3cc2OC)ncn1.COc1cc2c(cnn2C(=O)OC(C)(C)C)cc1N.COc1cc2c(cnn2C(=O)OC(C)(C)C)cc1Nc1cc(Cl)ncn1.Clc1cc(Cl)ncn1. The lowest BCUT2D eigenvalue weighted by atomic mass is 10.2. The number of rotatable bonds is 12. The summed E-state index contributed by atoms with van der Waals surface area (Å²) in [5.41, 5.74) is 10.4. The number of carbonyl (C=O) groups is 2. The molecule has 0 saturated carbocycles. The zero-order valence-electron chi connectivity index (χ0n) is 52.3. The van der Waals surface area contributed by atoms with Gasteiger partial charge in [0.05, 0.1) is 98.0 Å². The van der Waals surface area contributed by atoms with E-state index in [0.717, 1.165) is 55.6 Å². The van der Waals surface area contributed by atoms with Crippen LogP contribution in [0.25, 0.3) is 43.6 Å². The van der Waals surface area contributed by atoms with E-state index >= 15 is 0 Å². The van der Waals surface area contributed by atoms with Crippen LogP contribution in [0.5, 0.6) is 23.0 Å². The quantitative estimate of drug-likeness (QED) is 0.0416. The molecular formula is C60H65Cl3N22O8. The van der Waals surface area contributed by atoms with Gasteiger partial charge in [0.15, 0.2) is 0 Å². The van der Waals surface area contributed by atoms with Crippen molar-refractivity contribution in [1.82, 2.24) is 79.8 Å². The second kappa shape index (κ2) is 30.6. The predicted octanol–water partition coefficient (Wildman–Crippen LogP) is 12.5. The lowest BCUT2D eigenvalue weighted by molar-refractivity contribution is 0.0511. The third-order valence-electron chi connectivity index (χ3n) is 12.3. The third-order valence-corrected chi connectivity index (χ3v) is 13.0. The van der Waals surface area contributed by atoms with E-state index in [4.69, 9.17) is 69.0 Å². The van der Waals surface area contributed by atoms with Crippen LogP contribution < -0.4 is 51.3 Å². The minimum atomic E-state index is -0.618. The second-order valence-corrected chi connectivity index (χ2v) is 22.4. The van der Waals surface area contributed by atoms with Crippen molar-refractivity contribution >= 4 is 142 Å². The molecule has 0 atom stereocenters. The Bertz CT molecular complexity index is 4390. The largest absolute Gasteiger partial charge is 0.495 e. The normalized spacial score (nSPS) is 10.9. The van der Waals surface area contributed by atoms with Gasteiger partial charge in [0, 0.05) is 84.2 Å². The molecule has 0 bridgehead atoms. The maximum absolute atomic E-state index is 12.3. The van der Waals surface area contributed by atoms with E-state index in [1.54, 1.807) is 111 Å². The number of benzene rings is 4. The van der Waals surface area contributed by atoms with Gasteiger partial charge < -0.3 is 60.7 Å². The van der Waals surface area contributed by atoms with Gasteiger partial charge >= 0.3 is 12.2 Å². The molecule has 12 rings (SSSR count). The van der Waals surface area contributed by atoms with Gasteiger partial charge in [0.25, 0.3) is 0 Å². The van der Waals surface area contributed by atoms with Gasteiger partial charge in [-0.25, -0.2) is 49.5 Å². The van der Waals surface area contributed by atoms with Crippen LogP contribution in [-0.2, 0) is 9.47 Å². The molecule has 9 N–H and O–H groups in total. The van der Waals surface area contributed by atoms with Gasteiger partial charge in [-0.15, -0.1) is 0 Å². The van der Waals surface area contributed by atoms with Crippen molar-refractivity contribution in [3.05, 3.63) is 138 Å². The molecule has 0 aliphatic heterocycles. The molecule has 484 valence electrons. The molecule has 0 radical (unpaired) electrons. The van der Waals surface area contributed by atoms with Crippen LogP contribution in [-0.4, -0.2) is 146 Å². The molecule has 0 spiro atoms. The number of hydrogen-bond acceptors (Lipinski definition) is 26. The number of ether oxygens (including phenoxy) is 6. The summed E-state index contributed by atoms with van der Waals surface area (Å²) in [6.45, 7) is 10.8. The fraction of sp³-hybridized carbons (Fsp3) is 0.233. The summed E-state index contributed by atoms with van der Waals surface area (Å²) in [6.07, 6.45) is 11.2. The Morgan fingerprint density at radius 1 is 0.441 bits per heavy atom. The monoisotopic (exact) mass is 1330 g/mol. The summed E-state index contributed by atoms with van der Waals surface area (Å²) < 4.78 is 34.4. The van der Waals surface area contributed by atoms with Crippen LogP contribution in [0.2, 0.25) is 15.5 Å². The van der Waals surface area contributed by atoms with E-state index in [1.165, 1.54) is 55.0 Å². The zero-order valence-corrected chi connectivity index (χ0v) is 54.6. The first-order valence-corrected chi connectivity index (χ1v) is 28.9. The number of H-pyrrole nitrogens is 2. The molecule has 8 aromatic heterocycles. The molecule has 0 aliphatic carbocycles. The molecule has 0 aliphatic rings. The Hall–Kier alpha value is -11.1. The van der Waals surface area contributed by atoms with Crippen LogP contribution in [0.4, 0.5) is 61.4 Å². The van der Waals surface area contributed by atoms with Gasteiger partial charge in [-0.3, -0.25) is 10.2 Å². The van der Waals surface area contributed by atoms with E-state index in [1.807, 2.05) is 50.5 Å². The molecule has 8 heterocycles.